The Hall–Kier alpha value is -5.78. The van der Waals surface area contributed by atoms with Crippen LogP contribution in [0.15, 0.2) is 72.8 Å². The third-order valence-electron chi connectivity index (χ3n) is 9.38. The zero-order chi connectivity index (χ0) is 34.3. The molecule has 2 spiro atoms. The van der Waals surface area contributed by atoms with Crippen molar-refractivity contribution >= 4 is 12.3 Å². The third kappa shape index (κ3) is 5.40. The lowest BCUT2D eigenvalue weighted by molar-refractivity contribution is 0.0847. The Balaban J connectivity index is 0.899. The second-order valence-electron chi connectivity index (χ2n) is 12.4. The van der Waals surface area contributed by atoms with Crippen molar-refractivity contribution in [3.63, 3.8) is 0 Å². The molecule has 12 heteroatoms. The Morgan fingerprint density at radius 2 is 0.960 bits per heavy atom. The normalized spacial score (nSPS) is 20.0. The van der Waals surface area contributed by atoms with Crippen LogP contribution in [0.2, 0.25) is 0 Å². The molecule has 4 heterocycles. The summed E-state index contributed by atoms with van der Waals surface area (Å²) in [7, 11) is 1.24. The van der Waals surface area contributed by atoms with Gasteiger partial charge in [-0.15, -0.1) is 0 Å². The molecule has 50 heavy (non-hydrogen) atoms. The van der Waals surface area contributed by atoms with Gasteiger partial charge in [0.05, 0.1) is 24.5 Å². The number of carbonyl (C=O) groups is 2. The van der Waals surface area contributed by atoms with Crippen LogP contribution in [0, 0.1) is 0 Å². The molecule has 0 aliphatic carbocycles. The quantitative estimate of drug-likeness (QED) is 0.111. The summed E-state index contributed by atoms with van der Waals surface area (Å²) < 4.78 is 56.7. The van der Waals surface area contributed by atoms with Crippen molar-refractivity contribution in [1.82, 2.24) is 0 Å². The number of benzene rings is 4. The van der Waals surface area contributed by atoms with Crippen LogP contribution >= 0.6 is 0 Å². The van der Waals surface area contributed by atoms with Crippen molar-refractivity contribution in [2.75, 3.05) is 53.4 Å². The second kappa shape index (κ2) is 12.6. The van der Waals surface area contributed by atoms with Gasteiger partial charge >= 0.3 is 12.3 Å². The minimum absolute atomic E-state index is 0.0379. The van der Waals surface area contributed by atoms with E-state index in [-0.39, 0.29) is 19.0 Å². The van der Waals surface area contributed by atoms with Gasteiger partial charge in [0.1, 0.15) is 85.6 Å². The van der Waals surface area contributed by atoms with E-state index in [1.807, 2.05) is 36.4 Å². The first-order valence-corrected chi connectivity index (χ1v) is 16.4. The van der Waals surface area contributed by atoms with E-state index < -0.39 is 23.1 Å². The van der Waals surface area contributed by atoms with E-state index in [2.05, 4.69) is 11.7 Å². The number of methoxy groups -OCH3 is 1. The van der Waals surface area contributed by atoms with Crippen molar-refractivity contribution in [1.29, 1.82) is 0 Å². The van der Waals surface area contributed by atoms with E-state index in [4.69, 9.17) is 42.6 Å². The molecule has 8 rings (SSSR count). The maximum atomic E-state index is 12.7. The van der Waals surface area contributed by atoms with Crippen molar-refractivity contribution in [2.45, 2.75) is 24.2 Å². The van der Waals surface area contributed by atoms with Gasteiger partial charge in [-0.3, -0.25) is 0 Å². The number of hydrogen-bond acceptors (Lipinski definition) is 12. The van der Waals surface area contributed by atoms with Crippen LogP contribution in [0.5, 0.6) is 46.0 Å². The fraction of sp³-hybridized carbons (Fsp3) is 0.316. The van der Waals surface area contributed by atoms with Crippen LogP contribution < -0.4 is 37.9 Å². The van der Waals surface area contributed by atoms with Gasteiger partial charge in [-0.05, 0) is 79.2 Å². The van der Waals surface area contributed by atoms with Gasteiger partial charge in [0, 0.05) is 22.3 Å². The molecule has 0 fully saturated rings. The van der Waals surface area contributed by atoms with Gasteiger partial charge < -0.3 is 47.4 Å². The summed E-state index contributed by atoms with van der Waals surface area (Å²) in [5.41, 5.74) is 2.41. The molecule has 0 bridgehead atoms. The van der Waals surface area contributed by atoms with Gasteiger partial charge in [0.25, 0.3) is 0 Å². The molecular weight excluding hydrogens is 648 g/mol. The van der Waals surface area contributed by atoms with Gasteiger partial charge in [-0.2, -0.15) is 0 Å². The second-order valence-corrected chi connectivity index (χ2v) is 12.4. The zero-order valence-electron chi connectivity index (χ0n) is 27.5. The lowest BCUT2D eigenvalue weighted by Crippen LogP contribution is -2.31. The first-order valence-electron chi connectivity index (χ1n) is 16.4. The largest absolute Gasteiger partial charge is 0.513 e. The highest BCUT2D eigenvalue weighted by molar-refractivity contribution is 5.67. The zero-order valence-corrected chi connectivity index (χ0v) is 27.5. The van der Waals surface area contributed by atoms with Gasteiger partial charge in [-0.1, -0.05) is 6.92 Å². The molecule has 0 saturated carbocycles. The molecule has 2 atom stereocenters. The molecule has 4 aliphatic heterocycles. The van der Waals surface area contributed by atoms with E-state index in [1.165, 1.54) is 7.11 Å². The Labute approximate surface area is 287 Å². The number of fused-ring (bicyclic) bond motifs is 8. The van der Waals surface area contributed by atoms with Gasteiger partial charge in [0.15, 0.2) is 0 Å². The maximum Gasteiger partial charge on any atom is 0.513 e. The van der Waals surface area contributed by atoms with Crippen LogP contribution in [-0.4, -0.2) is 65.7 Å². The Bertz CT molecular complexity index is 1970. The summed E-state index contributed by atoms with van der Waals surface area (Å²) in [5.74, 6) is 4.86. The fourth-order valence-electron chi connectivity index (χ4n) is 6.91. The highest BCUT2D eigenvalue weighted by Gasteiger charge is 2.50. The summed E-state index contributed by atoms with van der Waals surface area (Å²) >= 11 is 0. The molecule has 0 N–H and O–H groups in total. The number of hydrogen-bond donors (Lipinski definition) is 0. The topological polar surface area (TPSA) is 126 Å². The Morgan fingerprint density at radius 1 is 0.560 bits per heavy atom. The molecule has 258 valence electrons. The van der Waals surface area contributed by atoms with Crippen molar-refractivity contribution in [3.8, 4) is 46.0 Å². The highest BCUT2D eigenvalue weighted by Crippen LogP contribution is 2.53. The highest BCUT2D eigenvalue weighted by atomic mass is 16.7. The fourth-order valence-corrected chi connectivity index (χ4v) is 6.91. The smallest absolute Gasteiger partial charge is 0.494 e. The standard InChI is InChI=1S/C38H34O12/c1-3-12-42-23-4-8-31-27(15-23)37(19-45-31)20-46-32-9-5-24(16-28(32)37)43-13-14-44-36(40)50-26-7-11-34-30(18-26)38(22-48-34)21-47-33-10-6-25(17-29(33)38)49-35(39)41-2/h4-11,15-18H,3,12-14,19-22H2,1-2H3. The first-order chi connectivity index (χ1) is 24.4. The van der Waals surface area contributed by atoms with Crippen molar-refractivity contribution in [3.05, 3.63) is 95.1 Å². The number of ether oxygens (including phenoxy) is 10. The monoisotopic (exact) mass is 682 g/mol. The predicted molar refractivity (Wildman–Crippen MR) is 176 cm³/mol. The summed E-state index contributed by atoms with van der Waals surface area (Å²) in [6.07, 6.45) is -0.782. The van der Waals surface area contributed by atoms with Crippen LogP contribution in [-0.2, 0) is 20.3 Å². The van der Waals surface area contributed by atoms with E-state index >= 15 is 0 Å². The molecule has 12 nitrogen and oxygen atoms in total. The average molecular weight is 683 g/mol. The molecule has 0 radical (unpaired) electrons. The van der Waals surface area contributed by atoms with E-state index in [9.17, 15) is 9.59 Å². The summed E-state index contributed by atoms with van der Waals surface area (Å²) in [5, 5.41) is 0. The molecule has 0 amide bonds. The number of rotatable bonds is 9. The molecular formula is C38H34O12. The van der Waals surface area contributed by atoms with Crippen LogP contribution in [0.4, 0.5) is 9.59 Å². The summed E-state index contributed by atoms with van der Waals surface area (Å²) in [6, 6.07) is 21.8. The summed E-state index contributed by atoms with van der Waals surface area (Å²) in [4.78, 5) is 24.4. The molecule has 0 saturated heterocycles. The number of carbonyl (C=O) groups excluding carboxylic acids is 2. The molecule has 2 unspecified atom stereocenters. The molecule has 0 aromatic heterocycles. The van der Waals surface area contributed by atoms with E-state index in [1.54, 1.807) is 36.4 Å². The van der Waals surface area contributed by atoms with Gasteiger partial charge in [0.2, 0.25) is 0 Å². The molecule has 4 aromatic carbocycles. The first kappa shape index (κ1) is 31.5. The lowest BCUT2D eigenvalue weighted by atomic mass is 9.78. The maximum absolute atomic E-state index is 12.7. The molecule has 4 aliphatic rings. The minimum atomic E-state index is -0.875. The molecule has 4 aromatic rings. The minimum Gasteiger partial charge on any atom is -0.494 e. The third-order valence-corrected chi connectivity index (χ3v) is 9.38. The van der Waals surface area contributed by atoms with Crippen LogP contribution in [0.25, 0.3) is 0 Å². The Kier molecular flexibility index (Phi) is 7.93. The average Bonchev–Trinajstić information content (AvgIpc) is 3.90. The predicted octanol–water partition coefficient (Wildman–Crippen LogP) is 6.36. The van der Waals surface area contributed by atoms with Crippen LogP contribution in [0.3, 0.4) is 0 Å². The van der Waals surface area contributed by atoms with E-state index in [0.717, 1.165) is 45.9 Å². The Morgan fingerprint density at radius 3 is 1.40 bits per heavy atom. The van der Waals surface area contributed by atoms with Crippen molar-refractivity contribution in [2.24, 2.45) is 0 Å². The van der Waals surface area contributed by atoms with Crippen molar-refractivity contribution < 1.29 is 57.0 Å². The lowest BCUT2D eigenvalue weighted by Gasteiger charge is -2.21. The van der Waals surface area contributed by atoms with Gasteiger partial charge in [-0.25, -0.2) is 9.59 Å². The summed E-state index contributed by atoms with van der Waals surface area (Å²) in [6.45, 7) is 4.27. The SMILES string of the molecule is CCCOc1ccc2c(c1)C1(CO2)COc2ccc(OCCOC(=O)Oc3ccc4c(c3)C3(COc5ccc(OC(=O)OC)cc53)CO4)cc21. The van der Waals surface area contributed by atoms with E-state index in [0.29, 0.717) is 56.0 Å². The van der Waals surface area contributed by atoms with Crippen LogP contribution in [0.1, 0.15) is 35.6 Å².